The Hall–Kier alpha value is -3.04. The van der Waals surface area contributed by atoms with Crippen LogP contribution in [-0.2, 0) is 14.3 Å². The zero-order valence-electron chi connectivity index (χ0n) is 14.1. The van der Waals surface area contributed by atoms with Gasteiger partial charge < -0.3 is 19.9 Å². The standard InChI is InChI=1S/C16H16F3NO6/c1-7(6-26-8(2)21)20-5-10(16(23)24)14(22)9-4-11(17)12(18)13(19)15(9)25-3/h4-5,7,20H,6H2,1-3H3,(H,23,24)/t7-/m0/s1. The van der Waals surface area contributed by atoms with E-state index in [9.17, 15) is 32.7 Å². The van der Waals surface area contributed by atoms with Gasteiger partial charge in [-0.2, -0.15) is 4.39 Å². The van der Waals surface area contributed by atoms with Crippen molar-refractivity contribution in [1.82, 2.24) is 5.32 Å². The van der Waals surface area contributed by atoms with Crippen molar-refractivity contribution >= 4 is 17.7 Å². The lowest BCUT2D eigenvalue weighted by Crippen LogP contribution is -2.29. The summed E-state index contributed by atoms with van der Waals surface area (Å²) in [7, 11) is 0.913. The lowest BCUT2D eigenvalue weighted by molar-refractivity contribution is -0.141. The molecule has 0 saturated heterocycles. The molecule has 0 saturated carbocycles. The lowest BCUT2D eigenvalue weighted by atomic mass is 10.0. The van der Waals surface area contributed by atoms with Crippen LogP contribution in [0.5, 0.6) is 5.75 Å². The number of carbonyl (C=O) groups excluding carboxylic acids is 2. The van der Waals surface area contributed by atoms with Crippen molar-refractivity contribution < 1.29 is 42.1 Å². The zero-order chi connectivity index (χ0) is 20.0. The zero-order valence-corrected chi connectivity index (χ0v) is 14.1. The molecule has 1 aromatic carbocycles. The SMILES string of the molecule is COc1c(C(=O)C(=CN[C@@H](C)COC(C)=O)C(=O)O)cc(F)c(F)c1F. The molecule has 0 aliphatic rings. The van der Waals surface area contributed by atoms with Crippen molar-refractivity contribution in [1.29, 1.82) is 0 Å². The largest absolute Gasteiger partial charge is 0.493 e. The third kappa shape index (κ3) is 4.98. The predicted octanol–water partition coefficient (Wildman–Crippen LogP) is 1.80. The summed E-state index contributed by atoms with van der Waals surface area (Å²) >= 11 is 0. The monoisotopic (exact) mass is 375 g/mol. The molecule has 0 aliphatic carbocycles. The highest BCUT2D eigenvalue weighted by Gasteiger charge is 2.28. The molecule has 0 bridgehead atoms. The summed E-state index contributed by atoms with van der Waals surface area (Å²) in [5.41, 5.74) is -1.68. The van der Waals surface area contributed by atoms with Crippen LogP contribution in [0, 0.1) is 17.5 Å². The Labute approximate surface area is 146 Å². The number of Topliss-reactive ketones (excluding diaryl/α,β-unsaturated/α-hetero) is 1. The van der Waals surface area contributed by atoms with Gasteiger partial charge in [-0.25, -0.2) is 13.6 Å². The van der Waals surface area contributed by atoms with Gasteiger partial charge >= 0.3 is 11.9 Å². The summed E-state index contributed by atoms with van der Waals surface area (Å²) < 4.78 is 49.6. The molecule has 142 valence electrons. The van der Waals surface area contributed by atoms with Crippen LogP contribution in [0.25, 0.3) is 0 Å². The number of halogens is 3. The predicted molar refractivity (Wildman–Crippen MR) is 82.1 cm³/mol. The van der Waals surface area contributed by atoms with Crippen molar-refractivity contribution in [2.45, 2.75) is 19.9 Å². The van der Waals surface area contributed by atoms with E-state index in [2.05, 4.69) is 10.1 Å². The number of ketones is 1. The molecule has 0 aromatic heterocycles. The second kappa shape index (κ2) is 8.88. The van der Waals surface area contributed by atoms with Gasteiger partial charge in [-0.05, 0) is 13.0 Å². The average Bonchev–Trinajstić information content (AvgIpc) is 2.57. The molecule has 0 radical (unpaired) electrons. The lowest BCUT2D eigenvalue weighted by Gasteiger charge is -2.13. The molecule has 1 rings (SSSR count). The normalized spacial score (nSPS) is 12.3. The minimum atomic E-state index is -1.85. The summed E-state index contributed by atoms with van der Waals surface area (Å²) in [6, 6.07) is -0.219. The van der Waals surface area contributed by atoms with E-state index in [1.54, 1.807) is 0 Å². The highest BCUT2D eigenvalue weighted by Crippen LogP contribution is 2.29. The van der Waals surface area contributed by atoms with E-state index in [1.807, 2.05) is 0 Å². The first-order chi connectivity index (χ1) is 12.1. The van der Waals surface area contributed by atoms with Gasteiger partial charge in [-0.1, -0.05) is 0 Å². The molecule has 0 spiro atoms. The Morgan fingerprint density at radius 2 is 1.88 bits per heavy atom. The van der Waals surface area contributed by atoms with Gasteiger partial charge in [0, 0.05) is 13.1 Å². The number of nitrogens with one attached hydrogen (secondary N) is 1. The third-order valence-corrected chi connectivity index (χ3v) is 3.09. The number of hydrogen-bond donors (Lipinski definition) is 2. The number of carboxylic acid groups (broad SMARTS) is 1. The Morgan fingerprint density at radius 3 is 2.38 bits per heavy atom. The molecule has 1 aromatic rings. The maximum atomic E-state index is 13.7. The number of benzene rings is 1. The summed E-state index contributed by atoms with van der Waals surface area (Å²) in [4.78, 5) is 34.4. The summed E-state index contributed by atoms with van der Waals surface area (Å²) in [5, 5.41) is 11.7. The maximum Gasteiger partial charge on any atom is 0.341 e. The van der Waals surface area contributed by atoms with E-state index in [-0.39, 0.29) is 6.61 Å². The molecule has 0 fully saturated rings. The van der Waals surface area contributed by atoms with Crippen molar-refractivity contribution in [3.8, 4) is 5.75 Å². The van der Waals surface area contributed by atoms with E-state index < -0.39 is 58.1 Å². The first-order valence-electron chi connectivity index (χ1n) is 7.19. The topological polar surface area (TPSA) is 102 Å². The van der Waals surface area contributed by atoms with Gasteiger partial charge in [-0.3, -0.25) is 9.59 Å². The molecular weight excluding hydrogens is 359 g/mol. The molecule has 7 nitrogen and oxygen atoms in total. The van der Waals surface area contributed by atoms with Crippen LogP contribution in [0.3, 0.4) is 0 Å². The summed E-state index contributed by atoms with van der Waals surface area (Å²) in [6.07, 6.45) is 0.789. The van der Waals surface area contributed by atoms with E-state index in [4.69, 9.17) is 4.74 Å². The van der Waals surface area contributed by atoms with Gasteiger partial charge in [0.1, 0.15) is 12.2 Å². The molecule has 1 atom stereocenters. The fourth-order valence-electron chi connectivity index (χ4n) is 1.83. The molecule has 0 unspecified atom stereocenters. The second-order valence-corrected chi connectivity index (χ2v) is 5.13. The molecule has 26 heavy (non-hydrogen) atoms. The molecule has 0 heterocycles. The van der Waals surface area contributed by atoms with Crippen LogP contribution in [-0.4, -0.2) is 42.6 Å². The molecular formula is C16H16F3NO6. The fraction of sp³-hybridized carbons (Fsp3) is 0.312. The average molecular weight is 375 g/mol. The van der Waals surface area contributed by atoms with E-state index in [1.165, 1.54) is 13.8 Å². The van der Waals surface area contributed by atoms with E-state index in [0.29, 0.717) is 6.07 Å². The number of ether oxygens (including phenoxy) is 2. The van der Waals surface area contributed by atoms with Gasteiger partial charge in [0.05, 0.1) is 18.7 Å². The smallest absolute Gasteiger partial charge is 0.341 e. The first-order valence-corrected chi connectivity index (χ1v) is 7.19. The van der Waals surface area contributed by atoms with Crippen molar-refractivity contribution in [3.05, 3.63) is 40.9 Å². The first kappa shape index (κ1) is 21.0. The minimum absolute atomic E-state index is 0.115. The van der Waals surface area contributed by atoms with E-state index >= 15 is 0 Å². The number of esters is 1. The Bertz CT molecular complexity index is 763. The Kier molecular flexibility index (Phi) is 7.17. The number of carbonyl (C=O) groups is 3. The van der Waals surface area contributed by atoms with Crippen molar-refractivity contribution in [2.24, 2.45) is 0 Å². The van der Waals surface area contributed by atoms with Crippen molar-refractivity contribution in [3.63, 3.8) is 0 Å². The van der Waals surface area contributed by atoms with Crippen LogP contribution >= 0.6 is 0 Å². The van der Waals surface area contributed by atoms with Gasteiger partial charge in [0.25, 0.3) is 0 Å². The van der Waals surface area contributed by atoms with Crippen LogP contribution in [0.15, 0.2) is 17.8 Å². The summed E-state index contributed by atoms with van der Waals surface area (Å²) in [5.74, 6) is -9.77. The number of rotatable bonds is 8. The van der Waals surface area contributed by atoms with Gasteiger partial charge in [0.15, 0.2) is 17.4 Å². The van der Waals surface area contributed by atoms with Crippen molar-refractivity contribution in [2.75, 3.05) is 13.7 Å². The highest BCUT2D eigenvalue weighted by molar-refractivity contribution is 6.24. The van der Waals surface area contributed by atoms with E-state index in [0.717, 1.165) is 13.3 Å². The van der Waals surface area contributed by atoms with Crippen LogP contribution in [0.4, 0.5) is 13.2 Å². The van der Waals surface area contributed by atoms with Crippen LogP contribution in [0.1, 0.15) is 24.2 Å². The number of aliphatic carboxylic acids is 1. The number of hydrogen-bond acceptors (Lipinski definition) is 6. The number of methoxy groups -OCH3 is 1. The second-order valence-electron chi connectivity index (χ2n) is 5.13. The summed E-state index contributed by atoms with van der Waals surface area (Å²) in [6.45, 7) is 2.59. The van der Waals surface area contributed by atoms with Gasteiger partial charge in [-0.15, -0.1) is 0 Å². The molecule has 0 amide bonds. The van der Waals surface area contributed by atoms with Crippen LogP contribution < -0.4 is 10.1 Å². The Morgan fingerprint density at radius 1 is 1.27 bits per heavy atom. The third-order valence-electron chi connectivity index (χ3n) is 3.09. The molecule has 10 heteroatoms. The number of carboxylic acids is 1. The fourth-order valence-corrected chi connectivity index (χ4v) is 1.83. The Balaban J connectivity index is 3.19. The van der Waals surface area contributed by atoms with Crippen LogP contribution in [0.2, 0.25) is 0 Å². The minimum Gasteiger partial charge on any atom is -0.493 e. The highest BCUT2D eigenvalue weighted by atomic mass is 19.2. The van der Waals surface area contributed by atoms with Gasteiger partial charge in [0.2, 0.25) is 11.6 Å². The maximum absolute atomic E-state index is 13.7. The molecule has 0 aliphatic heterocycles. The quantitative estimate of drug-likeness (QED) is 0.178. The molecule has 2 N–H and O–H groups in total.